The van der Waals surface area contributed by atoms with Gasteiger partial charge in [-0.3, -0.25) is 9.48 Å². The summed E-state index contributed by atoms with van der Waals surface area (Å²) in [6.07, 6.45) is 3.36. The van der Waals surface area contributed by atoms with Gasteiger partial charge in [0.2, 0.25) is 0 Å². The van der Waals surface area contributed by atoms with E-state index in [4.69, 9.17) is 5.73 Å². The molecule has 0 aliphatic rings. The summed E-state index contributed by atoms with van der Waals surface area (Å²) in [4.78, 5) is 13.7. The molecule has 2 N–H and O–H groups in total. The van der Waals surface area contributed by atoms with Gasteiger partial charge in [-0.05, 0) is 13.8 Å². The Bertz CT molecular complexity index is 383. The normalized spacial score (nSPS) is 10.1. The van der Waals surface area contributed by atoms with Gasteiger partial charge in [0.05, 0.1) is 5.69 Å². The smallest absolute Gasteiger partial charge is 0.276 e. The summed E-state index contributed by atoms with van der Waals surface area (Å²) in [6.45, 7) is 9.30. The van der Waals surface area contributed by atoms with E-state index < -0.39 is 0 Å². The van der Waals surface area contributed by atoms with Crippen LogP contribution in [-0.4, -0.2) is 33.7 Å². The van der Waals surface area contributed by atoms with Gasteiger partial charge in [-0.1, -0.05) is 6.08 Å². The monoisotopic (exact) mass is 222 g/mol. The molecule has 0 radical (unpaired) electrons. The van der Waals surface area contributed by atoms with Crippen molar-refractivity contribution in [3.8, 4) is 0 Å². The lowest BCUT2D eigenvalue weighted by Gasteiger charge is -2.17. The van der Waals surface area contributed by atoms with E-state index in [-0.39, 0.29) is 5.91 Å². The van der Waals surface area contributed by atoms with Crippen molar-refractivity contribution >= 4 is 11.6 Å². The second-order valence-corrected chi connectivity index (χ2v) is 3.42. The van der Waals surface area contributed by atoms with Crippen LogP contribution in [0.2, 0.25) is 0 Å². The summed E-state index contributed by atoms with van der Waals surface area (Å²) in [7, 11) is 0. The predicted molar refractivity (Wildman–Crippen MR) is 64.1 cm³/mol. The molecule has 0 bridgehead atoms. The quantitative estimate of drug-likeness (QED) is 0.760. The van der Waals surface area contributed by atoms with E-state index in [0.29, 0.717) is 31.0 Å². The number of hydrogen-bond donors (Lipinski definition) is 1. The number of amides is 1. The maximum absolute atomic E-state index is 12.0. The highest BCUT2D eigenvalue weighted by atomic mass is 16.2. The van der Waals surface area contributed by atoms with Crippen LogP contribution in [-0.2, 0) is 6.54 Å². The molecule has 0 aliphatic heterocycles. The Kier molecular flexibility index (Phi) is 4.10. The molecular weight excluding hydrogens is 204 g/mol. The van der Waals surface area contributed by atoms with Crippen LogP contribution in [0.15, 0.2) is 18.9 Å². The Morgan fingerprint density at radius 3 is 2.81 bits per heavy atom. The van der Waals surface area contributed by atoms with Gasteiger partial charge in [-0.15, -0.1) is 6.58 Å². The topological polar surface area (TPSA) is 64.2 Å². The van der Waals surface area contributed by atoms with E-state index in [0.717, 1.165) is 0 Å². The fourth-order valence-electron chi connectivity index (χ4n) is 1.43. The molecule has 1 rings (SSSR count). The first-order valence-corrected chi connectivity index (χ1v) is 5.37. The van der Waals surface area contributed by atoms with Crippen molar-refractivity contribution in [1.29, 1.82) is 0 Å². The molecule has 0 fully saturated rings. The lowest BCUT2D eigenvalue weighted by Crippen LogP contribution is -2.31. The maximum atomic E-state index is 12.0. The molecule has 1 heterocycles. The summed E-state index contributed by atoms with van der Waals surface area (Å²) >= 11 is 0. The van der Waals surface area contributed by atoms with Crippen LogP contribution in [0.1, 0.15) is 24.3 Å². The van der Waals surface area contributed by atoms with Crippen LogP contribution in [0.3, 0.4) is 0 Å². The van der Waals surface area contributed by atoms with Gasteiger partial charge in [0.15, 0.2) is 5.69 Å². The van der Waals surface area contributed by atoms with Crippen molar-refractivity contribution in [2.45, 2.75) is 20.4 Å². The van der Waals surface area contributed by atoms with Crippen LogP contribution in [0.4, 0.5) is 5.69 Å². The van der Waals surface area contributed by atoms with Gasteiger partial charge in [0, 0.05) is 25.8 Å². The Balaban J connectivity index is 2.93. The van der Waals surface area contributed by atoms with Gasteiger partial charge >= 0.3 is 0 Å². The second kappa shape index (κ2) is 5.34. The number of nitrogen functional groups attached to an aromatic ring is 1. The third-order valence-electron chi connectivity index (χ3n) is 2.33. The molecule has 0 spiro atoms. The first-order valence-electron chi connectivity index (χ1n) is 5.37. The van der Waals surface area contributed by atoms with Crippen LogP contribution in [0.5, 0.6) is 0 Å². The number of carbonyl (C=O) groups excluding carboxylic acids is 1. The van der Waals surface area contributed by atoms with Crippen molar-refractivity contribution in [1.82, 2.24) is 14.7 Å². The van der Waals surface area contributed by atoms with Crippen LogP contribution in [0.25, 0.3) is 0 Å². The summed E-state index contributed by atoms with van der Waals surface area (Å²) in [6, 6.07) is 0. The first kappa shape index (κ1) is 12.3. The molecule has 1 aromatic rings. The van der Waals surface area contributed by atoms with Crippen LogP contribution < -0.4 is 5.73 Å². The van der Waals surface area contributed by atoms with E-state index in [1.807, 2.05) is 13.8 Å². The van der Waals surface area contributed by atoms with Crippen LogP contribution >= 0.6 is 0 Å². The Morgan fingerprint density at radius 2 is 2.38 bits per heavy atom. The number of rotatable bonds is 5. The first-order chi connectivity index (χ1) is 7.63. The largest absolute Gasteiger partial charge is 0.396 e. The lowest BCUT2D eigenvalue weighted by atomic mass is 10.3. The number of aromatic nitrogens is 2. The number of hydrogen-bond acceptors (Lipinski definition) is 3. The molecule has 5 nitrogen and oxygen atoms in total. The van der Waals surface area contributed by atoms with Crippen molar-refractivity contribution < 1.29 is 4.79 Å². The summed E-state index contributed by atoms with van der Waals surface area (Å²) in [5, 5.41) is 4.15. The maximum Gasteiger partial charge on any atom is 0.276 e. The Hall–Kier alpha value is -1.78. The average Bonchev–Trinajstić information content (AvgIpc) is 2.66. The van der Waals surface area contributed by atoms with Crippen molar-refractivity contribution in [2.75, 3.05) is 18.8 Å². The van der Waals surface area contributed by atoms with Gasteiger partial charge in [-0.2, -0.15) is 5.10 Å². The molecule has 5 heteroatoms. The number of nitrogens with two attached hydrogens (primary N) is 1. The van der Waals surface area contributed by atoms with Gasteiger partial charge in [0.25, 0.3) is 5.91 Å². The van der Waals surface area contributed by atoms with E-state index in [9.17, 15) is 4.79 Å². The number of carbonyl (C=O) groups is 1. The molecule has 0 aromatic carbocycles. The lowest BCUT2D eigenvalue weighted by molar-refractivity contribution is 0.0776. The third kappa shape index (κ3) is 2.42. The third-order valence-corrected chi connectivity index (χ3v) is 2.33. The summed E-state index contributed by atoms with van der Waals surface area (Å²) < 4.78 is 1.66. The van der Waals surface area contributed by atoms with E-state index in [1.54, 1.807) is 21.9 Å². The SMILES string of the molecule is C=CCN(CC)C(=O)c1nn(CC)cc1N. The molecule has 1 amide bonds. The fraction of sp³-hybridized carbons (Fsp3) is 0.455. The fourth-order valence-corrected chi connectivity index (χ4v) is 1.43. The van der Waals surface area contributed by atoms with Crippen molar-refractivity contribution in [3.05, 3.63) is 24.5 Å². The highest BCUT2D eigenvalue weighted by molar-refractivity contribution is 5.97. The highest BCUT2D eigenvalue weighted by Gasteiger charge is 2.19. The molecule has 88 valence electrons. The standard InChI is InChI=1S/C11H18N4O/c1-4-7-14(5-2)11(16)10-9(12)8-15(6-3)13-10/h4,8H,1,5-7,12H2,2-3H3. The summed E-state index contributed by atoms with van der Waals surface area (Å²) in [5.74, 6) is -0.146. The minimum Gasteiger partial charge on any atom is -0.396 e. The van der Waals surface area contributed by atoms with E-state index in [1.165, 1.54) is 0 Å². The zero-order valence-corrected chi connectivity index (χ0v) is 9.81. The molecule has 1 aromatic heterocycles. The average molecular weight is 222 g/mol. The Labute approximate surface area is 95.5 Å². The molecular formula is C11H18N4O. The van der Waals surface area contributed by atoms with Crippen molar-refractivity contribution in [2.24, 2.45) is 0 Å². The molecule has 0 aliphatic carbocycles. The zero-order chi connectivity index (χ0) is 12.1. The predicted octanol–water partition coefficient (Wildman–Crippen LogP) is 1.13. The second-order valence-electron chi connectivity index (χ2n) is 3.42. The number of likely N-dealkylation sites (N-methyl/N-ethyl adjacent to an activating group) is 1. The van der Waals surface area contributed by atoms with Gasteiger partial charge in [0.1, 0.15) is 0 Å². The molecule has 0 unspecified atom stereocenters. The zero-order valence-electron chi connectivity index (χ0n) is 9.81. The highest BCUT2D eigenvalue weighted by Crippen LogP contribution is 2.12. The molecule has 0 saturated heterocycles. The van der Waals surface area contributed by atoms with E-state index in [2.05, 4.69) is 11.7 Å². The molecule has 0 saturated carbocycles. The molecule has 0 atom stereocenters. The molecule has 16 heavy (non-hydrogen) atoms. The van der Waals surface area contributed by atoms with E-state index >= 15 is 0 Å². The Morgan fingerprint density at radius 1 is 1.69 bits per heavy atom. The number of nitrogens with zero attached hydrogens (tertiary/aromatic N) is 3. The minimum absolute atomic E-state index is 0.146. The minimum atomic E-state index is -0.146. The van der Waals surface area contributed by atoms with Crippen molar-refractivity contribution in [3.63, 3.8) is 0 Å². The van der Waals surface area contributed by atoms with Crippen LogP contribution in [0, 0.1) is 0 Å². The van der Waals surface area contributed by atoms with Gasteiger partial charge < -0.3 is 10.6 Å². The van der Waals surface area contributed by atoms with Gasteiger partial charge in [-0.25, -0.2) is 0 Å². The number of anilines is 1. The summed E-state index contributed by atoms with van der Waals surface area (Å²) in [5.41, 5.74) is 6.50. The number of aryl methyl sites for hydroxylation is 1.